The standard InChI is InChI=1S/C11H12ClN5O3S/c1-17-6-14-10(9(17)12)21(19,20)16-8-4-2-7(3-5-8)15-11(13)18/h2-6,16H,1H3,(H3,13,15,18). The predicted molar refractivity (Wildman–Crippen MR) is 78.7 cm³/mol. The maximum absolute atomic E-state index is 12.1. The van der Waals surface area contributed by atoms with Gasteiger partial charge in [0.2, 0.25) is 5.03 Å². The third kappa shape index (κ3) is 3.44. The molecule has 1 aromatic carbocycles. The number of hydrogen-bond acceptors (Lipinski definition) is 4. The fraction of sp³-hybridized carbons (Fsp3) is 0.0909. The molecule has 0 fully saturated rings. The molecule has 21 heavy (non-hydrogen) atoms. The van der Waals surface area contributed by atoms with E-state index in [2.05, 4.69) is 15.0 Å². The van der Waals surface area contributed by atoms with Gasteiger partial charge >= 0.3 is 6.03 Å². The van der Waals surface area contributed by atoms with E-state index in [0.717, 1.165) is 0 Å². The maximum Gasteiger partial charge on any atom is 0.316 e. The fourth-order valence-electron chi connectivity index (χ4n) is 1.54. The summed E-state index contributed by atoms with van der Waals surface area (Å²) in [6.45, 7) is 0. The third-order valence-corrected chi connectivity index (χ3v) is 4.36. The lowest BCUT2D eigenvalue weighted by molar-refractivity contribution is 0.259. The number of nitrogens with two attached hydrogens (primary N) is 1. The van der Waals surface area contributed by atoms with Gasteiger partial charge in [-0.3, -0.25) is 4.72 Å². The molecule has 0 spiro atoms. The second-order valence-electron chi connectivity index (χ2n) is 4.12. The Kier molecular flexibility index (Phi) is 4.05. The van der Waals surface area contributed by atoms with Crippen LogP contribution >= 0.6 is 11.6 Å². The van der Waals surface area contributed by atoms with Gasteiger partial charge in [-0.1, -0.05) is 11.6 Å². The monoisotopic (exact) mass is 329 g/mol. The van der Waals surface area contributed by atoms with Crippen molar-refractivity contribution in [2.75, 3.05) is 10.0 Å². The van der Waals surface area contributed by atoms with Gasteiger partial charge in [-0.2, -0.15) is 8.42 Å². The minimum absolute atomic E-state index is 0.00881. The Morgan fingerprint density at radius 1 is 1.29 bits per heavy atom. The predicted octanol–water partition coefficient (Wildman–Crippen LogP) is 1.36. The lowest BCUT2D eigenvalue weighted by Gasteiger charge is -2.07. The Bertz CT molecular complexity index is 770. The number of carbonyl (C=O) groups excluding carboxylic acids is 1. The van der Waals surface area contributed by atoms with Crippen molar-refractivity contribution in [3.63, 3.8) is 0 Å². The molecule has 0 unspecified atom stereocenters. The highest BCUT2D eigenvalue weighted by molar-refractivity contribution is 7.92. The molecule has 0 aliphatic heterocycles. The zero-order valence-electron chi connectivity index (χ0n) is 10.9. The summed E-state index contributed by atoms with van der Waals surface area (Å²) in [5, 5.41) is 2.11. The number of urea groups is 1. The minimum atomic E-state index is -3.89. The number of imidazole rings is 1. The van der Waals surface area contributed by atoms with Crippen molar-refractivity contribution in [3.05, 3.63) is 35.7 Å². The number of benzene rings is 1. The molecule has 8 nitrogen and oxygen atoms in total. The molecule has 1 aromatic heterocycles. The van der Waals surface area contributed by atoms with E-state index >= 15 is 0 Å². The van der Waals surface area contributed by atoms with E-state index in [1.807, 2.05) is 0 Å². The molecule has 2 aromatic rings. The van der Waals surface area contributed by atoms with Crippen molar-refractivity contribution in [3.8, 4) is 0 Å². The number of rotatable bonds is 4. The van der Waals surface area contributed by atoms with Crippen LogP contribution in [0.15, 0.2) is 35.6 Å². The summed E-state index contributed by atoms with van der Waals surface area (Å²) in [6, 6.07) is 5.24. The first-order valence-electron chi connectivity index (χ1n) is 5.66. The van der Waals surface area contributed by atoms with Crippen LogP contribution in [0.2, 0.25) is 5.15 Å². The molecule has 2 rings (SSSR count). The van der Waals surface area contributed by atoms with Crippen LogP contribution in [-0.2, 0) is 17.1 Å². The summed E-state index contributed by atoms with van der Waals surface area (Å²) < 4.78 is 28.0. The van der Waals surface area contributed by atoms with Gasteiger partial charge in [-0.25, -0.2) is 9.78 Å². The van der Waals surface area contributed by atoms with Crippen molar-refractivity contribution >= 4 is 39.0 Å². The summed E-state index contributed by atoms with van der Waals surface area (Å²) in [5.74, 6) is 0. The van der Waals surface area contributed by atoms with E-state index in [1.165, 1.54) is 35.2 Å². The number of primary amides is 1. The number of halogens is 1. The molecule has 0 aliphatic carbocycles. The van der Waals surface area contributed by atoms with Crippen molar-refractivity contribution in [1.29, 1.82) is 0 Å². The van der Waals surface area contributed by atoms with Gasteiger partial charge in [0.1, 0.15) is 5.15 Å². The number of hydrogen-bond donors (Lipinski definition) is 3. The Morgan fingerprint density at radius 3 is 2.33 bits per heavy atom. The molecule has 0 saturated carbocycles. The number of amides is 2. The van der Waals surface area contributed by atoms with E-state index in [9.17, 15) is 13.2 Å². The van der Waals surface area contributed by atoms with Gasteiger partial charge < -0.3 is 15.6 Å². The van der Waals surface area contributed by atoms with Crippen molar-refractivity contribution in [1.82, 2.24) is 9.55 Å². The number of aryl methyl sites for hydroxylation is 1. The van der Waals surface area contributed by atoms with E-state index < -0.39 is 16.1 Å². The molecule has 112 valence electrons. The molecule has 1 heterocycles. The Labute approximate surface area is 126 Å². The van der Waals surface area contributed by atoms with Crippen LogP contribution in [-0.4, -0.2) is 24.0 Å². The Morgan fingerprint density at radius 2 is 1.86 bits per heavy atom. The highest BCUT2D eigenvalue weighted by Gasteiger charge is 2.22. The van der Waals surface area contributed by atoms with Gasteiger partial charge in [-0.15, -0.1) is 0 Å². The number of sulfonamides is 1. The van der Waals surface area contributed by atoms with E-state index in [-0.39, 0.29) is 10.2 Å². The number of anilines is 2. The van der Waals surface area contributed by atoms with Crippen LogP contribution in [0.25, 0.3) is 0 Å². The van der Waals surface area contributed by atoms with Crippen LogP contribution in [0, 0.1) is 0 Å². The van der Waals surface area contributed by atoms with E-state index in [4.69, 9.17) is 17.3 Å². The highest BCUT2D eigenvalue weighted by Crippen LogP contribution is 2.22. The SMILES string of the molecule is Cn1cnc(S(=O)(=O)Nc2ccc(NC(N)=O)cc2)c1Cl. The van der Waals surface area contributed by atoms with Crippen LogP contribution in [0.5, 0.6) is 0 Å². The summed E-state index contributed by atoms with van der Waals surface area (Å²) >= 11 is 5.86. The normalized spacial score (nSPS) is 11.1. The molecule has 2 amide bonds. The van der Waals surface area contributed by atoms with Crippen LogP contribution in [0.3, 0.4) is 0 Å². The lowest BCUT2D eigenvalue weighted by Crippen LogP contribution is -2.19. The summed E-state index contributed by atoms with van der Waals surface area (Å²) in [6.07, 6.45) is 1.30. The topological polar surface area (TPSA) is 119 Å². The van der Waals surface area contributed by atoms with E-state index in [0.29, 0.717) is 11.4 Å². The van der Waals surface area contributed by atoms with Gasteiger partial charge in [0.05, 0.1) is 6.33 Å². The average Bonchev–Trinajstić information content (AvgIpc) is 2.72. The second kappa shape index (κ2) is 5.62. The second-order valence-corrected chi connectivity index (χ2v) is 6.08. The van der Waals surface area contributed by atoms with Crippen LogP contribution in [0.1, 0.15) is 0 Å². The summed E-state index contributed by atoms with van der Waals surface area (Å²) in [4.78, 5) is 14.4. The largest absolute Gasteiger partial charge is 0.351 e. The fourth-order valence-corrected chi connectivity index (χ4v) is 3.03. The van der Waals surface area contributed by atoms with Crippen LogP contribution in [0.4, 0.5) is 16.2 Å². The van der Waals surface area contributed by atoms with E-state index in [1.54, 1.807) is 7.05 Å². The number of nitrogens with one attached hydrogen (secondary N) is 2. The number of nitrogens with zero attached hydrogens (tertiary/aromatic N) is 2. The number of aromatic nitrogens is 2. The molecule has 0 atom stereocenters. The third-order valence-electron chi connectivity index (χ3n) is 2.49. The van der Waals surface area contributed by atoms with Crippen molar-refractivity contribution in [2.24, 2.45) is 12.8 Å². The van der Waals surface area contributed by atoms with Crippen molar-refractivity contribution < 1.29 is 13.2 Å². The van der Waals surface area contributed by atoms with Crippen molar-refractivity contribution in [2.45, 2.75) is 5.03 Å². The Hall–Kier alpha value is -2.26. The quantitative estimate of drug-likeness (QED) is 0.784. The van der Waals surface area contributed by atoms with Gasteiger partial charge in [-0.05, 0) is 24.3 Å². The molecular formula is C11H12ClN5O3S. The average molecular weight is 330 g/mol. The molecule has 0 radical (unpaired) electrons. The molecule has 10 heteroatoms. The molecular weight excluding hydrogens is 318 g/mol. The molecule has 0 saturated heterocycles. The smallest absolute Gasteiger partial charge is 0.316 e. The van der Waals surface area contributed by atoms with Crippen LogP contribution < -0.4 is 15.8 Å². The zero-order valence-corrected chi connectivity index (χ0v) is 12.4. The Balaban J connectivity index is 2.21. The first-order chi connectivity index (χ1) is 9.79. The molecule has 4 N–H and O–H groups in total. The maximum atomic E-state index is 12.1. The van der Waals surface area contributed by atoms with Gasteiger partial charge in [0, 0.05) is 18.4 Å². The minimum Gasteiger partial charge on any atom is -0.351 e. The lowest BCUT2D eigenvalue weighted by atomic mass is 10.3. The molecule has 0 bridgehead atoms. The zero-order chi connectivity index (χ0) is 15.6. The van der Waals surface area contributed by atoms with Gasteiger partial charge in [0.15, 0.2) is 0 Å². The summed E-state index contributed by atoms with van der Waals surface area (Å²) in [5.41, 5.74) is 5.72. The molecule has 0 aliphatic rings. The highest BCUT2D eigenvalue weighted by atomic mass is 35.5. The first-order valence-corrected chi connectivity index (χ1v) is 7.52. The first kappa shape index (κ1) is 15.1. The number of carbonyl (C=O) groups is 1. The van der Waals surface area contributed by atoms with Gasteiger partial charge in [0.25, 0.3) is 10.0 Å². The summed E-state index contributed by atoms with van der Waals surface area (Å²) in [7, 11) is -2.30.